The minimum atomic E-state index is -0.352. The van der Waals surface area contributed by atoms with Gasteiger partial charge in [0, 0.05) is 0 Å². The summed E-state index contributed by atoms with van der Waals surface area (Å²) >= 11 is 0. The van der Waals surface area contributed by atoms with Gasteiger partial charge in [0.25, 0.3) is 0 Å². The lowest BCUT2D eigenvalue weighted by molar-refractivity contribution is -0.312. The van der Waals surface area contributed by atoms with Gasteiger partial charge in [0.05, 0.1) is 19.5 Å². The monoisotopic (exact) mass is 196 g/mol. The fraction of sp³-hybridized carbons (Fsp3) is 0.111. The number of hydrogen-bond acceptors (Lipinski definition) is 4. The van der Waals surface area contributed by atoms with E-state index >= 15 is 0 Å². The number of para-hydroxylation sites is 1. The minimum absolute atomic E-state index is 0.336. The summed E-state index contributed by atoms with van der Waals surface area (Å²) < 4.78 is 13.3. The molecule has 0 fully saturated rings. The molecule has 1 aromatic rings. The van der Waals surface area contributed by atoms with Gasteiger partial charge in [0.2, 0.25) is 0 Å². The Morgan fingerprint density at radius 3 is 2.71 bits per heavy atom. The van der Waals surface area contributed by atoms with Crippen molar-refractivity contribution in [1.82, 2.24) is 5.23 Å². The van der Waals surface area contributed by atoms with Gasteiger partial charge in [-0.15, -0.1) is 10.2 Å². The van der Waals surface area contributed by atoms with E-state index in [1.807, 2.05) is 0 Å². The quantitative estimate of drug-likeness (QED) is 0.720. The standard InChI is InChI=1S/C9H9FN2O2/c1-13-12-7-6-11(14-12)9-5-3-2-4-8(9)10/h2-7H,1H3. The molecule has 0 saturated carbocycles. The second-order valence-corrected chi connectivity index (χ2v) is 2.62. The molecule has 5 heteroatoms. The van der Waals surface area contributed by atoms with E-state index in [0.29, 0.717) is 5.69 Å². The Morgan fingerprint density at radius 2 is 2.07 bits per heavy atom. The Morgan fingerprint density at radius 1 is 1.29 bits per heavy atom. The molecule has 0 atom stereocenters. The molecule has 1 aliphatic heterocycles. The lowest BCUT2D eigenvalue weighted by atomic mass is 10.3. The first kappa shape index (κ1) is 8.98. The van der Waals surface area contributed by atoms with Crippen LogP contribution < -0.4 is 5.06 Å². The predicted molar refractivity (Wildman–Crippen MR) is 48.0 cm³/mol. The molecule has 0 amide bonds. The van der Waals surface area contributed by atoms with Crippen molar-refractivity contribution in [3.05, 3.63) is 42.5 Å². The highest BCUT2D eigenvalue weighted by Gasteiger charge is 2.17. The van der Waals surface area contributed by atoms with Crippen LogP contribution >= 0.6 is 0 Å². The van der Waals surface area contributed by atoms with Gasteiger partial charge in [0.15, 0.2) is 0 Å². The van der Waals surface area contributed by atoms with Gasteiger partial charge in [-0.3, -0.25) is 4.84 Å². The van der Waals surface area contributed by atoms with Gasteiger partial charge < -0.3 is 0 Å². The van der Waals surface area contributed by atoms with Crippen LogP contribution in [-0.4, -0.2) is 12.3 Å². The van der Waals surface area contributed by atoms with Crippen LogP contribution in [0.25, 0.3) is 0 Å². The van der Waals surface area contributed by atoms with Crippen LogP contribution in [-0.2, 0) is 9.78 Å². The van der Waals surface area contributed by atoms with Crippen molar-refractivity contribution >= 4 is 5.69 Å². The molecule has 4 nitrogen and oxygen atoms in total. The summed E-state index contributed by atoms with van der Waals surface area (Å²) in [6, 6.07) is 6.32. The molecular weight excluding hydrogens is 187 g/mol. The van der Waals surface area contributed by atoms with E-state index in [0.717, 1.165) is 5.23 Å². The Labute approximate surface area is 80.6 Å². The third-order valence-corrected chi connectivity index (χ3v) is 1.76. The van der Waals surface area contributed by atoms with Gasteiger partial charge in [-0.1, -0.05) is 12.1 Å². The fourth-order valence-corrected chi connectivity index (χ4v) is 1.11. The second kappa shape index (κ2) is 3.65. The van der Waals surface area contributed by atoms with E-state index in [9.17, 15) is 4.39 Å². The first-order valence-corrected chi connectivity index (χ1v) is 4.05. The third-order valence-electron chi connectivity index (χ3n) is 1.76. The molecular formula is C9H9FN2O2. The SMILES string of the molecule is CON1C=CN(c2ccccc2F)O1. The summed E-state index contributed by atoms with van der Waals surface area (Å²) in [5.41, 5.74) is 0.336. The maximum Gasteiger partial charge on any atom is 0.149 e. The van der Waals surface area contributed by atoms with Crippen LogP contribution in [0.4, 0.5) is 10.1 Å². The molecule has 0 bridgehead atoms. The third kappa shape index (κ3) is 1.55. The molecule has 0 spiro atoms. The number of benzene rings is 1. The lowest BCUT2D eigenvalue weighted by Gasteiger charge is -2.17. The highest BCUT2D eigenvalue weighted by Crippen LogP contribution is 2.23. The number of nitrogens with zero attached hydrogens (tertiary/aromatic N) is 2. The predicted octanol–water partition coefficient (Wildman–Crippen LogP) is 1.83. The summed E-state index contributed by atoms with van der Waals surface area (Å²) in [4.78, 5) is 9.83. The molecule has 0 aromatic heterocycles. The largest absolute Gasteiger partial charge is 0.251 e. The fourth-order valence-electron chi connectivity index (χ4n) is 1.11. The van der Waals surface area contributed by atoms with E-state index in [-0.39, 0.29) is 5.82 Å². The first-order valence-electron chi connectivity index (χ1n) is 4.05. The van der Waals surface area contributed by atoms with Gasteiger partial charge in [-0.2, -0.15) is 5.06 Å². The molecule has 0 radical (unpaired) electrons. The van der Waals surface area contributed by atoms with Crippen molar-refractivity contribution in [2.24, 2.45) is 0 Å². The summed E-state index contributed by atoms with van der Waals surface area (Å²) in [5.74, 6) is -0.352. The molecule has 0 saturated heterocycles. The van der Waals surface area contributed by atoms with E-state index in [4.69, 9.17) is 9.78 Å². The van der Waals surface area contributed by atoms with Gasteiger partial charge in [-0.25, -0.2) is 4.39 Å². The average molecular weight is 196 g/mol. The van der Waals surface area contributed by atoms with Crippen LogP contribution in [0.2, 0.25) is 0 Å². The van der Waals surface area contributed by atoms with E-state index in [1.165, 1.54) is 24.4 Å². The molecule has 1 aromatic carbocycles. The molecule has 2 rings (SSSR count). The van der Waals surface area contributed by atoms with Crippen molar-refractivity contribution in [1.29, 1.82) is 0 Å². The smallest absolute Gasteiger partial charge is 0.149 e. The van der Waals surface area contributed by atoms with Crippen molar-refractivity contribution < 1.29 is 14.2 Å². The summed E-state index contributed by atoms with van der Waals surface area (Å²) in [6.07, 6.45) is 3.09. The molecule has 1 aliphatic rings. The summed E-state index contributed by atoms with van der Waals surface area (Å²) in [7, 11) is 1.45. The van der Waals surface area contributed by atoms with E-state index < -0.39 is 0 Å². The van der Waals surface area contributed by atoms with E-state index in [1.54, 1.807) is 24.4 Å². The molecule has 74 valence electrons. The molecule has 1 heterocycles. The zero-order chi connectivity index (χ0) is 9.97. The Kier molecular flexibility index (Phi) is 2.34. The van der Waals surface area contributed by atoms with E-state index in [2.05, 4.69) is 0 Å². The van der Waals surface area contributed by atoms with Gasteiger partial charge in [-0.05, 0) is 12.1 Å². The highest BCUT2D eigenvalue weighted by atomic mass is 19.1. The molecule has 14 heavy (non-hydrogen) atoms. The lowest BCUT2D eigenvalue weighted by Crippen LogP contribution is -2.21. The number of anilines is 1. The maximum atomic E-state index is 13.3. The van der Waals surface area contributed by atoms with Crippen LogP contribution in [0.5, 0.6) is 0 Å². The van der Waals surface area contributed by atoms with Crippen LogP contribution in [0.1, 0.15) is 0 Å². The topological polar surface area (TPSA) is 24.9 Å². The molecule has 0 aliphatic carbocycles. The Hall–Kier alpha value is -1.59. The maximum absolute atomic E-state index is 13.3. The number of rotatable bonds is 2. The van der Waals surface area contributed by atoms with Crippen molar-refractivity contribution in [3.63, 3.8) is 0 Å². The first-order chi connectivity index (χ1) is 6.81. The molecule has 0 unspecified atom stereocenters. The zero-order valence-corrected chi connectivity index (χ0v) is 7.55. The Bertz CT molecular complexity index is 356. The molecule has 0 N–H and O–H groups in total. The number of halogens is 1. The average Bonchev–Trinajstić information content (AvgIpc) is 2.67. The number of hydrogen-bond donors (Lipinski definition) is 0. The van der Waals surface area contributed by atoms with Crippen molar-refractivity contribution in [2.75, 3.05) is 12.2 Å². The summed E-state index contributed by atoms with van der Waals surface area (Å²) in [6.45, 7) is 0. The van der Waals surface area contributed by atoms with Gasteiger partial charge >= 0.3 is 0 Å². The minimum Gasteiger partial charge on any atom is -0.251 e. The van der Waals surface area contributed by atoms with Crippen LogP contribution in [0, 0.1) is 5.82 Å². The second-order valence-electron chi connectivity index (χ2n) is 2.62. The Balaban J connectivity index is 2.18. The van der Waals surface area contributed by atoms with Crippen molar-refractivity contribution in [3.8, 4) is 0 Å². The normalized spacial score (nSPS) is 15.3. The van der Waals surface area contributed by atoms with Crippen molar-refractivity contribution in [2.45, 2.75) is 0 Å². The van der Waals surface area contributed by atoms with Crippen LogP contribution in [0.15, 0.2) is 36.7 Å². The highest BCUT2D eigenvalue weighted by molar-refractivity contribution is 5.47. The summed E-state index contributed by atoms with van der Waals surface area (Å²) in [5, 5.41) is 2.39. The number of hydroxylamine groups is 3. The zero-order valence-electron chi connectivity index (χ0n) is 7.55. The van der Waals surface area contributed by atoms with Gasteiger partial charge in [0.1, 0.15) is 11.5 Å². The van der Waals surface area contributed by atoms with Crippen LogP contribution in [0.3, 0.4) is 0 Å².